The molecular weight excluding hydrogens is 292 g/mol. The van der Waals surface area contributed by atoms with Gasteiger partial charge in [0.15, 0.2) is 5.79 Å². The largest absolute Gasteiger partial charge is 0.348 e. The van der Waals surface area contributed by atoms with Crippen LogP contribution in [-0.4, -0.2) is 33.5 Å². The smallest absolute Gasteiger partial charge is 0.243 e. The third-order valence-electron chi connectivity index (χ3n) is 2.75. The van der Waals surface area contributed by atoms with Crippen LogP contribution in [0, 0.1) is 11.6 Å². The minimum Gasteiger partial charge on any atom is -0.348 e. The third kappa shape index (κ3) is 3.51. The van der Waals surface area contributed by atoms with Crippen molar-refractivity contribution in [2.24, 2.45) is 0 Å². The average molecular weight is 307 g/mol. The van der Waals surface area contributed by atoms with Crippen molar-refractivity contribution in [3.8, 4) is 0 Å². The topological polar surface area (TPSA) is 64.6 Å². The van der Waals surface area contributed by atoms with Crippen LogP contribution in [0.15, 0.2) is 23.1 Å². The molecule has 1 fully saturated rings. The molecule has 1 aliphatic rings. The molecule has 1 aromatic carbocycles. The van der Waals surface area contributed by atoms with E-state index in [2.05, 4.69) is 4.72 Å². The van der Waals surface area contributed by atoms with Crippen LogP contribution in [0.5, 0.6) is 0 Å². The summed E-state index contributed by atoms with van der Waals surface area (Å²) < 4.78 is 63.0. The Bertz CT molecular complexity index is 603. The Kier molecular flexibility index (Phi) is 4.10. The van der Waals surface area contributed by atoms with Crippen molar-refractivity contribution >= 4 is 10.0 Å². The van der Waals surface area contributed by atoms with E-state index in [1.807, 2.05) is 0 Å². The maximum atomic E-state index is 13.5. The maximum Gasteiger partial charge on any atom is 0.243 e. The second-order valence-corrected chi connectivity index (χ2v) is 6.61. The first-order valence-electron chi connectivity index (χ1n) is 5.96. The number of nitrogens with one attached hydrogen (secondary N) is 1. The van der Waals surface area contributed by atoms with Gasteiger partial charge >= 0.3 is 0 Å². The molecule has 0 saturated carbocycles. The molecule has 0 amide bonds. The van der Waals surface area contributed by atoms with Crippen molar-refractivity contribution in [3.63, 3.8) is 0 Å². The van der Waals surface area contributed by atoms with E-state index >= 15 is 0 Å². The van der Waals surface area contributed by atoms with Crippen LogP contribution in [0.1, 0.15) is 13.8 Å². The lowest BCUT2D eigenvalue weighted by molar-refractivity contribution is -0.137. The summed E-state index contributed by atoms with van der Waals surface area (Å²) in [5, 5.41) is 0. The van der Waals surface area contributed by atoms with Gasteiger partial charge in [-0.15, -0.1) is 0 Å². The summed E-state index contributed by atoms with van der Waals surface area (Å²) >= 11 is 0. The SMILES string of the molecule is CC1(C)OCC(CNS(=O)(=O)c2ccc(F)cc2F)O1. The summed E-state index contributed by atoms with van der Waals surface area (Å²) in [6.45, 7) is 3.60. The molecule has 8 heteroatoms. The van der Waals surface area contributed by atoms with Crippen LogP contribution in [0.3, 0.4) is 0 Å². The lowest BCUT2D eigenvalue weighted by Gasteiger charge is -2.17. The number of hydrogen-bond acceptors (Lipinski definition) is 4. The zero-order valence-electron chi connectivity index (χ0n) is 11.0. The summed E-state index contributed by atoms with van der Waals surface area (Å²) in [5.74, 6) is -2.74. The molecule has 0 bridgehead atoms. The zero-order chi connectivity index (χ0) is 15.0. The molecule has 1 heterocycles. The van der Waals surface area contributed by atoms with Crippen molar-refractivity contribution in [3.05, 3.63) is 29.8 Å². The van der Waals surface area contributed by atoms with E-state index in [-0.39, 0.29) is 13.2 Å². The fraction of sp³-hybridized carbons (Fsp3) is 0.500. The second kappa shape index (κ2) is 5.36. The summed E-state index contributed by atoms with van der Waals surface area (Å²) in [5.41, 5.74) is 0. The summed E-state index contributed by atoms with van der Waals surface area (Å²) in [4.78, 5) is -0.600. The maximum absolute atomic E-state index is 13.5. The normalized spacial score (nSPS) is 22.1. The van der Waals surface area contributed by atoms with E-state index in [4.69, 9.17) is 9.47 Å². The highest BCUT2D eigenvalue weighted by atomic mass is 32.2. The zero-order valence-corrected chi connectivity index (χ0v) is 11.8. The molecule has 1 unspecified atom stereocenters. The van der Waals surface area contributed by atoms with Crippen molar-refractivity contribution in [1.82, 2.24) is 4.72 Å². The molecular formula is C12H15F2NO4S. The highest BCUT2D eigenvalue weighted by molar-refractivity contribution is 7.89. The van der Waals surface area contributed by atoms with Gasteiger partial charge in [0, 0.05) is 12.6 Å². The Morgan fingerprint density at radius 1 is 1.40 bits per heavy atom. The molecule has 2 rings (SSSR count). The van der Waals surface area contributed by atoms with E-state index in [1.54, 1.807) is 13.8 Å². The lowest BCUT2D eigenvalue weighted by atomic mass is 10.3. The predicted octanol–water partition coefficient (Wildman–Crippen LogP) is 1.39. The van der Waals surface area contributed by atoms with Crippen LogP contribution in [-0.2, 0) is 19.5 Å². The Morgan fingerprint density at radius 2 is 2.10 bits per heavy atom. The summed E-state index contributed by atoms with van der Waals surface area (Å²) in [7, 11) is -4.06. The summed E-state index contributed by atoms with van der Waals surface area (Å²) in [6, 6.07) is 2.28. The van der Waals surface area contributed by atoms with E-state index in [1.165, 1.54) is 0 Å². The van der Waals surface area contributed by atoms with E-state index in [0.29, 0.717) is 6.07 Å². The number of rotatable bonds is 4. The Morgan fingerprint density at radius 3 is 2.65 bits per heavy atom. The van der Waals surface area contributed by atoms with E-state index in [0.717, 1.165) is 12.1 Å². The van der Waals surface area contributed by atoms with Gasteiger partial charge in [0.25, 0.3) is 0 Å². The van der Waals surface area contributed by atoms with Crippen molar-refractivity contribution < 1.29 is 26.7 Å². The molecule has 0 aromatic heterocycles. The van der Waals surface area contributed by atoms with Gasteiger partial charge in [-0.25, -0.2) is 21.9 Å². The molecule has 5 nitrogen and oxygen atoms in total. The minimum atomic E-state index is -4.06. The van der Waals surface area contributed by atoms with Gasteiger partial charge in [-0.2, -0.15) is 0 Å². The van der Waals surface area contributed by atoms with Crippen molar-refractivity contribution in [2.45, 2.75) is 30.6 Å². The van der Waals surface area contributed by atoms with Crippen LogP contribution in [0.4, 0.5) is 8.78 Å². The van der Waals surface area contributed by atoms with Gasteiger partial charge < -0.3 is 9.47 Å². The van der Waals surface area contributed by atoms with E-state index < -0.39 is 38.4 Å². The fourth-order valence-corrected chi connectivity index (χ4v) is 2.96. The second-order valence-electron chi connectivity index (χ2n) is 4.88. The highest BCUT2D eigenvalue weighted by Crippen LogP contribution is 2.22. The number of hydrogen-bond donors (Lipinski definition) is 1. The molecule has 0 aliphatic carbocycles. The third-order valence-corrected chi connectivity index (χ3v) is 4.21. The standard InChI is InChI=1S/C12H15F2NO4S/c1-12(2)18-7-9(19-12)6-15-20(16,17)11-4-3-8(13)5-10(11)14/h3-5,9,15H,6-7H2,1-2H3. The van der Waals surface area contributed by atoms with Crippen LogP contribution in [0.25, 0.3) is 0 Å². The molecule has 1 N–H and O–H groups in total. The fourth-order valence-electron chi connectivity index (χ4n) is 1.84. The predicted molar refractivity (Wildman–Crippen MR) is 66.5 cm³/mol. The molecule has 0 radical (unpaired) electrons. The monoisotopic (exact) mass is 307 g/mol. The first-order chi connectivity index (χ1) is 9.20. The average Bonchev–Trinajstić information content (AvgIpc) is 2.66. The molecule has 1 atom stereocenters. The number of halogens is 2. The first-order valence-corrected chi connectivity index (χ1v) is 7.44. The van der Waals surface area contributed by atoms with Gasteiger partial charge in [-0.3, -0.25) is 0 Å². The Balaban J connectivity index is 2.05. The molecule has 1 saturated heterocycles. The molecule has 20 heavy (non-hydrogen) atoms. The number of ether oxygens (including phenoxy) is 2. The highest BCUT2D eigenvalue weighted by Gasteiger charge is 2.33. The molecule has 1 aromatic rings. The summed E-state index contributed by atoms with van der Waals surface area (Å²) in [6.07, 6.45) is -0.455. The van der Waals surface area contributed by atoms with Crippen LogP contribution < -0.4 is 4.72 Å². The Hall–Kier alpha value is -1.09. The van der Waals surface area contributed by atoms with Gasteiger partial charge in [-0.05, 0) is 26.0 Å². The van der Waals surface area contributed by atoms with Gasteiger partial charge in [0.1, 0.15) is 16.5 Å². The minimum absolute atomic E-state index is 0.0530. The van der Waals surface area contributed by atoms with Crippen molar-refractivity contribution in [2.75, 3.05) is 13.2 Å². The molecule has 0 spiro atoms. The number of benzene rings is 1. The van der Waals surface area contributed by atoms with Gasteiger partial charge in [0.05, 0.1) is 12.7 Å². The molecule has 112 valence electrons. The Labute approximate surface area is 115 Å². The molecule has 1 aliphatic heterocycles. The van der Waals surface area contributed by atoms with E-state index in [9.17, 15) is 17.2 Å². The number of sulfonamides is 1. The quantitative estimate of drug-likeness (QED) is 0.913. The van der Waals surface area contributed by atoms with Gasteiger partial charge in [-0.1, -0.05) is 0 Å². The van der Waals surface area contributed by atoms with Crippen LogP contribution in [0.2, 0.25) is 0 Å². The van der Waals surface area contributed by atoms with Gasteiger partial charge in [0.2, 0.25) is 10.0 Å². The van der Waals surface area contributed by atoms with Crippen molar-refractivity contribution in [1.29, 1.82) is 0 Å². The van der Waals surface area contributed by atoms with Crippen LogP contribution >= 0.6 is 0 Å². The lowest BCUT2D eigenvalue weighted by Crippen LogP contribution is -2.34. The first kappa shape index (κ1) is 15.3.